The number of carbonyl (C=O) groups is 2. The van der Waals surface area contributed by atoms with Gasteiger partial charge in [0.1, 0.15) is 18.0 Å². The first-order chi connectivity index (χ1) is 12.7. The summed E-state index contributed by atoms with van der Waals surface area (Å²) in [4.78, 5) is 29.4. The second-order valence-corrected chi connectivity index (χ2v) is 8.68. The van der Waals surface area contributed by atoms with Gasteiger partial charge < -0.3 is 14.5 Å². The van der Waals surface area contributed by atoms with Crippen LogP contribution in [0.25, 0.3) is 0 Å². The van der Waals surface area contributed by atoms with Gasteiger partial charge in [-0.15, -0.1) is 0 Å². The van der Waals surface area contributed by atoms with Crippen LogP contribution in [0.5, 0.6) is 0 Å². The molecule has 2 atom stereocenters. The molecule has 1 aromatic rings. The Kier molecular flexibility index (Phi) is 5.84. The molecular formula is C21H29FN2O3. The van der Waals surface area contributed by atoms with Gasteiger partial charge in [0.05, 0.1) is 13.2 Å². The number of benzene rings is 1. The van der Waals surface area contributed by atoms with E-state index in [1.165, 1.54) is 12.1 Å². The summed E-state index contributed by atoms with van der Waals surface area (Å²) in [6, 6.07) is 5.84. The maximum Gasteiger partial charge on any atom is 0.245 e. The second kappa shape index (κ2) is 7.97. The molecule has 2 fully saturated rings. The van der Waals surface area contributed by atoms with Crippen molar-refractivity contribution in [2.24, 2.45) is 5.41 Å². The third kappa shape index (κ3) is 4.86. The lowest BCUT2D eigenvalue weighted by atomic mass is 9.91. The minimum absolute atomic E-state index is 0.00479. The Bertz CT molecular complexity index is 684. The van der Waals surface area contributed by atoms with Gasteiger partial charge in [-0.25, -0.2) is 4.39 Å². The van der Waals surface area contributed by atoms with Gasteiger partial charge in [0.15, 0.2) is 0 Å². The topological polar surface area (TPSA) is 49.9 Å². The molecule has 5 nitrogen and oxygen atoms in total. The molecule has 1 aromatic carbocycles. The van der Waals surface area contributed by atoms with Crippen molar-refractivity contribution in [3.05, 3.63) is 35.6 Å². The van der Waals surface area contributed by atoms with Gasteiger partial charge in [0, 0.05) is 19.5 Å². The minimum atomic E-state index is -0.369. The molecule has 0 spiro atoms. The number of rotatable bonds is 3. The first-order valence-corrected chi connectivity index (χ1v) is 9.70. The van der Waals surface area contributed by atoms with Gasteiger partial charge in [-0.1, -0.05) is 32.9 Å². The number of morpholine rings is 1. The molecule has 0 unspecified atom stereocenters. The van der Waals surface area contributed by atoms with Crippen molar-refractivity contribution in [2.75, 3.05) is 26.2 Å². The fourth-order valence-corrected chi connectivity index (χ4v) is 3.82. The summed E-state index contributed by atoms with van der Waals surface area (Å²) in [5, 5.41) is 0. The normalized spacial score (nSPS) is 23.6. The number of hydrogen-bond donors (Lipinski definition) is 0. The average Bonchev–Trinajstić information content (AvgIpc) is 3.10. The first kappa shape index (κ1) is 19.8. The van der Waals surface area contributed by atoms with Crippen LogP contribution in [-0.2, 0) is 14.3 Å². The number of likely N-dealkylation sites (tertiary alicyclic amines) is 1. The molecule has 0 aliphatic carbocycles. The zero-order valence-electron chi connectivity index (χ0n) is 16.4. The fourth-order valence-electron chi connectivity index (χ4n) is 3.82. The van der Waals surface area contributed by atoms with Crippen LogP contribution < -0.4 is 0 Å². The first-order valence-electron chi connectivity index (χ1n) is 9.70. The number of halogens is 1. The highest BCUT2D eigenvalue weighted by Crippen LogP contribution is 2.28. The van der Waals surface area contributed by atoms with Crippen molar-refractivity contribution < 1.29 is 18.7 Å². The van der Waals surface area contributed by atoms with Crippen LogP contribution >= 0.6 is 0 Å². The van der Waals surface area contributed by atoms with E-state index in [2.05, 4.69) is 0 Å². The summed E-state index contributed by atoms with van der Waals surface area (Å²) >= 11 is 0. The zero-order chi connectivity index (χ0) is 19.6. The molecule has 2 amide bonds. The molecular weight excluding hydrogens is 347 g/mol. The van der Waals surface area contributed by atoms with Crippen LogP contribution in [-0.4, -0.2) is 53.9 Å². The molecule has 2 aliphatic heterocycles. The van der Waals surface area contributed by atoms with Crippen molar-refractivity contribution >= 4 is 11.8 Å². The maximum atomic E-state index is 13.2. The summed E-state index contributed by atoms with van der Waals surface area (Å²) in [7, 11) is 0. The Morgan fingerprint density at radius 2 is 1.89 bits per heavy atom. The van der Waals surface area contributed by atoms with E-state index >= 15 is 0 Å². The Morgan fingerprint density at radius 1 is 1.19 bits per heavy atom. The molecule has 0 radical (unpaired) electrons. The summed E-state index contributed by atoms with van der Waals surface area (Å²) in [5.74, 6) is -0.228. The van der Waals surface area contributed by atoms with Gasteiger partial charge in [-0.05, 0) is 36.0 Å². The van der Waals surface area contributed by atoms with Crippen LogP contribution in [0, 0.1) is 11.2 Å². The molecule has 3 rings (SSSR count). The van der Waals surface area contributed by atoms with E-state index in [-0.39, 0.29) is 35.2 Å². The standard InChI is InChI=1S/C21H29FN2O3/c1-21(2,3)13-19(25)24-10-4-5-17(24)20(26)23-11-12-27-18(14-23)15-6-8-16(22)9-7-15/h6-9,17-18H,4-5,10-14H2,1-3H3/t17-,18-/m1/s1. The largest absolute Gasteiger partial charge is 0.370 e. The number of hydrogen-bond acceptors (Lipinski definition) is 3. The molecule has 0 aromatic heterocycles. The van der Waals surface area contributed by atoms with Crippen LogP contribution in [0.1, 0.15) is 51.7 Å². The predicted molar refractivity (Wildman–Crippen MR) is 100 cm³/mol. The SMILES string of the molecule is CC(C)(C)CC(=O)N1CCC[C@@H]1C(=O)N1CCO[C@@H](c2ccc(F)cc2)C1. The van der Waals surface area contributed by atoms with E-state index in [0.717, 1.165) is 12.0 Å². The smallest absolute Gasteiger partial charge is 0.245 e. The number of ether oxygens (including phenoxy) is 1. The molecule has 0 N–H and O–H groups in total. The highest BCUT2D eigenvalue weighted by Gasteiger charge is 2.38. The van der Waals surface area contributed by atoms with Crippen molar-refractivity contribution in [2.45, 2.75) is 52.2 Å². The van der Waals surface area contributed by atoms with E-state index in [4.69, 9.17) is 4.74 Å². The van der Waals surface area contributed by atoms with E-state index < -0.39 is 0 Å². The number of nitrogens with zero attached hydrogens (tertiary/aromatic N) is 2. The van der Waals surface area contributed by atoms with E-state index in [1.54, 1.807) is 21.9 Å². The van der Waals surface area contributed by atoms with Crippen LogP contribution in [0.2, 0.25) is 0 Å². The maximum absolute atomic E-state index is 13.2. The molecule has 2 heterocycles. The molecule has 0 bridgehead atoms. The van der Waals surface area contributed by atoms with Gasteiger partial charge in [0.25, 0.3) is 0 Å². The van der Waals surface area contributed by atoms with E-state index in [0.29, 0.717) is 39.1 Å². The summed E-state index contributed by atoms with van der Waals surface area (Å²) in [6.45, 7) is 8.15. The Morgan fingerprint density at radius 3 is 2.56 bits per heavy atom. The summed E-state index contributed by atoms with van der Waals surface area (Å²) < 4.78 is 18.9. The quantitative estimate of drug-likeness (QED) is 0.814. The van der Waals surface area contributed by atoms with Crippen LogP contribution in [0.15, 0.2) is 24.3 Å². The van der Waals surface area contributed by atoms with Crippen molar-refractivity contribution in [1.29, 1.82) is 0 Å². The Balaban J connectivity index is 1.67. The fraction of sp³-hybridized carbons (Fsp3) is 0.619. The van der Waals surface area contributed by atoms with Crippen molar-refractivity contribution in [3.8, 4) is 0 Å². The van der Waals surface area contributed by atoms with Gasteiger partial charge >= 0.3 is 0 Å². The molecule has 148 valence electrons. The number of carbonyl (C=O) groups excluding carboxylic acids is 2. The Hall–Kier alpha value is -1.95. The van der Waals surface area contributed by atoms with Crippen LogP contribution in [0.3, 0.4) is 0 Å². The summed E-state index contributed by atoms with van der Waals surface area (Å²) in [6.07, 6.45) is 1.76. The zero-order valence-corrected chi connectivity index (χ0v) is 16.4. The molecule has 2 saturated heterocycles. The van der Waals surface area contributed by atoms with Gasteiger partial charge in [0.2, 0.25) is 11.8 Å². The second-order valence-electron chi connectivity index (χ2n) is 8.68. The summed E-state index contributed by atoms with van der Waals surface area (Å²) in [5.41, 5.74) is 0.765. The van der Waals surface area contributed by atoms with E-state index in [1.807, 2.05) is 20.8 Å². The van der Waals surface area contributed by atoms with Gasteiger partial charge in [-0.3, -0.25) is 9.59 Å². The lowest BCUT2D eigenvalue weighted by Crippen LogP contribution is -2.51. The predicted octanol–water partition coefficient (Wildman–Crippen LogP) is 3.15. The van der Waals surface area contributed by atoms with E-state index in [9.17, 15) is 14.0 Å². The van der Waals surface area contributed by atoms with Gasteiger partial charge in [-0.2, -0.15) is 0 Å². The highest BCUT2D eigenvalue weighted by atomic mass is 19.1. The number of amides is 2. The third-order valence-corrected chi connectivity index (χ3v) is 5.16. The lowest BCUT2D eigenvalue weighted by molar-refractivity contribution is -0.149. The highest BCUT2D eigenvalue weighted by molar-refractivity contribution is 5.88. The molecule has 6 heteroatoms. The monoisotopic (exact) mass is 376 g/mol. The minimum Gasteiger partial charge on any atom is -0.370 e. The van der Waals surface area contributed by atoms with Crippen molar-refractivity contribution in [3.63, 3.8) is 0 Å². The molecule has 2 aliphatic rings. The van der Waals surface area contributed by atoms with Crippen molar-refractivity contribution in [1.82, 2.24) is 9.80 Å². The third-order valence-electron chi connectivity index (χ3n) is 5.16. The molecule has 0 saturated carbocycles. The average molecular weight is 376 g/mol. The Labute approximate surface area is 160 Å². The van der Waals surface area contributed by atoms with Crippen LogP contribution in [0.4, 0.5) is 4.39 Å². The lowest BCUT2D eigenvalue weighted by Gasteiger charge is -2.36. The molecule has 27 heavy (non-hydrogen) atoms.